The normalized spacial score (nSPS) is 10.9. The van der Waals surface area contributed by atoms with Crippen LogP contribution in [-0.4, -0.2) is 18.6 Å². The Morgan fingerprint density at radius 3 is 2.78 bits per heavy atom. The van der Waals surface area contributed by atoms with Crippen molar-refractivity contribution in [2.45, 2.75) is 4.90 Å². The fourth-order valence-corrected chi connectivity index (χ4v) is 3.41. The van der Waals surface area contributed by atoms with Crippen molar-refractivity contribution in [2.24, 2.45) is 0 Å². The van der Waals surface area contributed by atoms with E-state index in [2.05, 4.69) is 14.9 Å². The van der Waals surface area contributed by atoms with Crippen molar-refractivity contribution in [1.29, 1.82) is 5.26 Å². The van der Waals surface area contributed by atoms with Crippen molar-refractivity contribution in [3.63, 3.8) is 0 Å². The Balaban J connectivity index is 2.39. The van der Waals surface area contributed by atoms with Gasteiger partial charge in [-0.05, 0) is 18.2 Å². The van der Waals surface area contributed by atoms with E-state index in [-0.39, 0.29) is 20.6 Å². The standard InChI is InChI=1S/C9H5ClN4O2S2/c10-7-3-6(4-11)1-2-8(7)18(15,16)14-9-13-12-5-17-9/h1-3,5H,(H,13,14). The molecule has 6 nitrogen and oxygen atoms in total. The van der Waals surface area contributed by atoms with Gasteiger partial charge in [0.2, 0.25) is 5.13 Å². The number of hydrogen-bond acceptors (Lipinski definition) is 6. The SMILES string of the molecule is N#Cc1ccc(S(=O)(=O)Nc2nncs2)c(Cl)c1. The highest BCUT2D eigenvalue weighted by molar-refractivity contribution is 7.93. The van der Waals surface area contributed by atoms with Gasteiger partial charge in [-0.3, -0.25) is 4.72 Å². The summed E-state index contributed by atoms with van der Waals surface area (Å²) >= 11 is 6.88. The summed E-state index contributed by atoms with van der Waals surface area (Å²) in [5.41, 5.74) is 1.69. The second-order valence-electron chi connectivity index (χ2n) is 3.11. The van der Waals surface area contributed by atoms with Gasteiger partial charge in [0.25, 0.3) is 10.0 Å². The number of benzene rings is 1. The van der Waals surface area contributed by atoms with Crippen molar-refractivity contribution < 1.29 is 8.42 Å². The molecule has 1 heterocycles. The number of halogens is 1. The Labute approximate surface area is 112 Å². The van der Waals surface area contributed by atoms with Gasteiger partial charge < -0.3 is 0 Å². The second-order valence-corrected chi connectivity index (χ2v) is 6.00. The zero-order chi connectivity index (χ0) is 13.2. The minimum atomic E-state index is -3.82. The predicted octanol–water partition coefficient (Wildman–Crippen LogP) is 1.86. The summed E-state index contributed by atoms with van der Waals surface area (Å²) in [5, 5.41) is 15.9. The van der Waals surface area contributed by atoms with Crippen molar-refractivity contribution >= 4 is 38.1 Å². The summed E-state index contributed by atoms with van der Waals surface area (Å²) in [6.45, 7) is 0. The first kappa shape index (κ1) is 12.8. The lowest BCUT2D eigenvalue weighted by Crippen LogP contribution is -2.13. The van der Waals surface area contributed by atoms with Crippen molar-refractivity contribution in [3.8, 4) is 6.07 Å². The molecule has 1 aromatic heterocycles. The molecule has 0 spiro atoms. The van der Waals surface area contributed by atoms with Crippen LogP contribution < -0.4 is 4.72 Å². The molecule has 2 rings (SSSR count). The lowest BCUT2D eigenvalue weighted by molar-refractivity contribution is 0.601. The molecular formula is C9H5ClN4O2S2. The largest absolute Gasteiger partial charge is 0.265 e. The minimum absolute atomic E-state index is 0.0222. The summed E-state index contributed by atoms with van der Waals surface area (Å²) in [4.78, 5) is -0.113. The van der Waals surface area contributed by atoms with Crippen molar-refractivity contribution in [3.05, 3.63) is 34.3 Å². The lowest BCUT2D eigenvalue weighted by atomic mass is 10.2. The van der Waals surface area contributed by atoms with E-state index in [1.54, 1.807) is 0 Å². The van der Waals surface area contributed by atoms with E-state index in [4.69, 9.17) is 16.9 Å². The van der Waals surface area contributed by atoms with Crippen LogP contribution in [0.1, 0.15) is 5.56 Å². The van der Waals surface area contributed by atoms with Crippen LogP contribution in [-0.2, 0) is 10.0 Å². The molecular weight excluding hydrogens is 296 g/mol. The van der Waals surface area contributed by atoms with Gasteiger partial charge in [-0.15, -0.1) is 10.2 Å². The molecule has 0 saturated heterocycles. The Hall–Kier alpha value is -1.69. The summed E-state index contributed by atoms with van der Waals surface area (Å²) in [6, 6.07) is 5.80. The topological polar surface area (TPSA) is 95.7 Å². The van der Waals surface area contributed by atoms with Gasteiger partial charge in [0.15, 0.2) is 0 Å². The van der Waals surface area contributed by atoms with Crippen LogP contribution in [0.3, 0.4) is 0 Å². The molecule has 18 heavy (non-hydrogen) atoms. The highest BCUT2D eigenvalue weighted by Crippen LogP contribution is 2.25. The highest BCUT2D eigenvalue weighted by atomic mass is 35.5. The van der Waals surface area contributed by atoms with E-state index in [1.165, 1.54) is 23.7 Å². The Bertz CT molecular complexity index is 707. The number of rotatable bonds is 3. The average Bonchev–Trinajstić information content (AvgIpc) is 2.80. The smallest absolute Gasteiger partial charge is 0.253 e. The number of anilines is 1. The molecule has 1 N–H and O–H groups in total. The number of sulfonamides is 1. The van der Waals surface area contributed by atoms with Crippen LogP contribution in [0, 0.1) is 11.3 Å². The fraction of sp³-hybridized carbons (Fsp3) is 0. The molecule has 1 aromatic carbocycles. The number of nitriles is 1. The molecule has 0 atom stereocenters. The zero-order valence-electron chi connectivity index (χ0n) is 8.66. The fourth-order valence-electron chi connectivity index (χ4n) is 1.18. The Morgan fingerprint density at radius 2 is 2.22 bits per heavy atom. The number of nitrogens with zero attached hydrogens (tertiary/aromatic N) is 3. The third-order valence-corrected chi connectivity index (χ3v) is 4.49. The maximum Gasteiger partial charge on any atom is 0.265 e. The molecule has 9 heteroatoms. The summed E-state index contributed by atoms with van der Waals surface area (Å²) < 4.78 is 26.2. The predicted molar refractivity (Wildman–Crippen MR) is 66.9 cm³/mol. The molecule has 0 fully saturated rings. The molecule has 0 amide bonds. The molecule has 0 aliphatic carbocycles. The van der Waals surface area contributed by atoms with Gasteiger partial charge in [-0.2, -0.15) is 5.26 Å². The van der Waals surface area contributed by atoms with Gasteiger partial charge in [0.05, 0.1) is 16.7 Å². The molecule has 0 aliphatic heterocycles. The monoisotopic (exact) mass is 300 g/mol. The summed E-state index contributed by atoms with van der Waals surface area (Å²) in [5.74, 6) is 0. The Morgan fingerprint density at radius 1 is 1.44 bits per heavy atom. The lowest BCUT2D eigenvalue weighted by Gasteiger charge is -2.06. The van der Waals surface area contributed by atoms with Gasteiger partial charge in [0, 0.05) is 0 Å². The quantitative estimate of drug-likeness (QED) is 0.933. The van der Waals surface area contributed by atoms with Crippen LogP contribution in [0.2, 0.25) is 5.02 Å². The minimum Gasteiger partial charge on any atom is -0.253 e. The second kappa shape index (κ2) is 4.89. The van der Waals surface area contributed by atoms with Crippen LogP contribution in [0.15, 0.2) is 28.6 Å². The maximum absolute atomic E-state index is 12.0. The van der Waals surface area contributed by atoms with E-state index in [0.717, 1.165) is 11.3 Å². The average molecular weight is 301 g/mol. The molecule has 0 unspecified atom stereocenters. The van der Waals surface area contributed by atoms with Gasteiger partial charge in [-0.25, -0.2) is 8.42 Å². The van der Waals surface area contributed by atoms with Crippen molar-refractivity contribution in [1.82, 2.24) is 10.2 Å². The Kier molecular flexibility index (Phi) is 3.47. The number of hydrogen-bond donors (Lipinski definition) is 1. The molecule has 2 aromatic rings. The van der Waals surface area contributed by atoms with E-state index >= 15 is 0 Å². The van der Waals surface area contributed by atoms with E-state index < -0.39 is 10.0 Å². The maximum atomic E-state index is 12.0. The van der Waals surface area contributed by atoms with E-state index in [9.17, 15) is 8.42 Å². The van der Waals surface area contributed by atoms with Crippen LogP contribution in [0.25, 0.3) is 0 Å². The first-order valence-corrected chi connectivity index (χ1v) is 7.25. The van der Waals surface area contributed by atoms with E-state index in [1.807, 2.05) is 6.07 Å². The first-order chi connectivity index (χ1) is 8.53. The van der Waals surface area contributed by atoms with Crippen molar-refractivity contribution in [2.75, 3.05) is 4.72 Å². The van der Waals surface area contributed by atoms with Gasteiger partial charge >= 0.3 is 0 Å². The molecule has 0 saturated carbocycles. The van der Waals surface area contributed by atoms with Crippen LogP contribution in [0.4, 0.5) is 5.13 Å². The first-order valence-electron chi connectivity index (χ1n) is 4.51. The third-order valence-electron chi connectivity index (χ3n) is 1.93. The van der Waals surface area contributed by atoms with Gasteiger partial charge in [0.1, 0.15) is 10.4 Å². The third kappa shape index (κ3) is 2.59. The molecule has 0 aliphatic rings. The zero-order valence-corrected chi connectivity index (χ0v) is 11.1. The molecule has 0 radical (unpaired) electrons. The molecule has 0 bridgehead atoms. The number of aromatic nitrogens is 2. The van der Waals surface area contributed by atoms with Crippen LogP contribution >= 0.6 is 22.9 Å². The summed E-state index contributed by atoms with van der Waals surface area (Å²) in [6.07, 6.45) is 0. The van der Waals surface area contributed by atoms with Gasteiger partial charge in [-0.1, -0.05) is 22.9 Å². The highest BCUT2D eigenvalue weighted by Gasteiger charge is 2.19. The van der Waals surface area contributed by atoms with Crippen LogP contribution in [0.5, 0.6) is 0 Å². The summed E-state index contributed by atoms with van der Waals surface area (Å²) in [7, 11) is -3.82. The molecule has 92 valence electrons. The van der Waals surface area contributed by atoms with E-state index in [0.29, 0.717) is 0 Å². The number of nitrogens with one attached hydrogen (secondary N) is 1.